The molecule has 20 heavy (non-hydrogen) atoms. The van der Waals surface area contributed by atoms with Crippen LogP contribution in [0, 0.1) is 6.92 Å². The highest BCUT2D eigenvalue weighted by molar-refractivity contribution is 9.10. The first-order valence-electron chi connectivity index (χ1n) is 5.53. The maximum absolute atomic E-state index is 12.3. The molecule has 7 heteroatoms. The van der Waals surface area contributed by atoms with Gasteiger partial charge in [-0.1, -0.05) is 23.2 Å². The molecule has 0 fully saturated rings. The van der Waals surface area contributed by atoms with Crippen LogP contribution < -0.4 is 4.72 Å². The Morgan fingerprint density at radius 3 is 2.40 bits per heavy atom. The van der Waals surface area contributed by atoms with Gasteiger partial charge in [-0.15, -0.1) is 0 Å². The van der Waals surface area contributed by atoms with Crippen molar-refractivity contribution in [1.82, 2.24) is 0 Å². The lowest BCUT2D eigenvalue weighted by atomic mass is 10.2. The molecule has 0 saturated heterocycles. The zero-order valence-corrected chi connectivity index (χ0v) is 14.2. The van der Waals surface area contributed by atoms with Gasteiger partial charge in [-0.05, 0) is 64.8 Å². The van der Waals surface area contributed by atoms with Crippen LogP contribution in [0.15, 0.2) is 45.8 Å². The number of sulfonamides is 1. The maximum atomic E-state index is 12.3. The summed E-state index contributed by atoms with van der Waals surface area (Å²) in [7, 11) is -3.67. The van der Waals surface area contributed by atoms with Crippen LogP contribution in [0.25, 0.3) is 0 Å². The number of hydrogen-bond acceptors (Lipinski definition) is 2. The number of halogens is 3. The Bertz CT molecular complexity index is 763. The number of hydrogen-bond donors (Lipinski definition) is 1. The van der Waals surface area contributed by atoms with Gasteiger partial charge in [0.1, 0.15) is 0 Å². The van der Waals surface area contributed by atoms with E-state index in [0.717, 1.165) is 5.56 Å². The molecule has 3 nitrogen and oxygen atoms in total. The normalized spacial score (nSPS) is 11.4. The van der Waals surface area contributed by atoms with Gasteiger partial charge in [0.15, 0.2) is 0 Å². The summed E-state index contributed by atoms with van der Waals surface area (Å²) in [6.07, 6.45) is 0. The number of anilines is 1. The van der Waals surface area contributed by atoms with Crippen molar-refractivity contribution in [3.8, 4) is 0 Å². The van der Waals surface area contributed by atoms with Crippen molar-refractivity contribution in [2.45, 2.75) is 11.8 Å². The largest absolute Gasteiger partial charge is 0.279 e. The topological polar surface area (TPSA) is 46.2 Å². The van der Waals surface area contributed by atoms with Crippen molar-refractivity contribution in [3.05, 3.63) is 56.5 Å². The zero-order valence-electron chi connectivity index (χ0n) is 10.3. The predicted octanol–water partition coefficient (Wildman–Crippen LogP) is 4.87. The standard InChI is InChI=1S/C13H10BrCl2NO2S/c1-8-6-9(15)2-5-13(8)17-20(18,19)10-3-4-12(16)11(14)7-10/h2-7,17H,1H3. The Morgan fingerprint density at radius 1 is 1.10 bits per heavy atom. The Labute approximate surface area is 136 Å². The van der Waals surface area contributed by atoms with E-state index in [0.29, 0.717) is 20.2 Å². The van der Waals surface area contributed by atoms with E-state index in [-0.39, 0.29) is 4.90 Å². The van der Waals surface area contributed by atoms with Crippen LogP contribution in [0.4, 0.5) is 5.69 Å². The highest BCUT2D eigenvalue weighted by Crippen LogP contribution is 2.27. The van der Waals surface area contributed by atoms with Crippen molar-refractivity contribution in [3.63, 3.8) is 0 Å². The third kappa shape index (κ3) is 3.47. The maximum Gasteiger partial charge on any atom is 0.261 e. The molecule has 0 bridgehead atoms. The molecule has 0 atom stereocenters. The lowest BCUT2D eigenvalue weighted by molar-refractivity contribution is 0.601. The van der Waals surface area contributed by atoms with Gasteiger partial charge in [0.05, 0.1) is 15.6 Å². The van der Waals surface area contributed by atoms with Crippen LogP contribution in [0.5, 0.6) is 0 Å². The highest BCUT2D eigenvalue weighted by atomic mass is 79.9. The minimum atomic E-state index is -3.67. The molecule has 0 saturated carbocycles. The number of benzene rings is 2. The molecule has 0 spiro atoms. The van der Waals surface area contributed by atoms with Crippen molar-refractivity contribution in [2.24, 2.45) is 0 Å². The van der Waals surface area contributed by atoms with Crippen LogP contribution in [0.3, 0.4) is 0 Å². The zero-order chi connectivity index (χ0) is 14.9. The molecular weight excluding hydrogens is 385 g/mol. The van der Waals surface area contributed by atoms with Crippen molar-refractivity contribution >= 4 is 54.8 Å². The molecule has 0 amide bonds. The molecule has 106 valence electrons. The fraction of sp³-hybridized carbons (Fsp3) is 0.0769. The summed E-state index contributed by atoms with van der Waals surface area (Å²) in [5.74, 6) is 0. The quantitative estimate of drug-likeness (QED) is 0.807. The second-order valence-corrected chi connectivity index (χ2v) is 7.52. The van der Waals surface area contributed by atoms with E-state index in [4.69, 9.17) is 23.2 Å². The molecule has 2 rings (SSSR count). The second-order valence-electron chi connectivity index (χ2n) is 4.14. The Kier molecular flexibility index (Phi) is 4.64. The molecule has 0 unspecified atom stereocenters. The summed E-state index contributed by atoms with van der Waals surface area (Å²) in [5.41, 5.74) is 1.23. The number of rotatable bonds is 3. The fourth-order valence-electron chi connectivity index (χ4n) is 1.59. The van der Waals surface area contributed by atoms with E-state index in [1.807, 2.05) is 0 Å². The first-order valence-corrected chi connectivity index (χ1v) is 8.57. The van der Waals surface area contributed by atoms with Crippen LogP contribution >= 0.6 is 39.1 Å². The van der Waals surface area contributed by atoms with Gasteiger partial charge >= 0.3 is 0 Å². The molecule has 0 radical (unpaired) electrons. The van der Waals surface area contributed by atoms with Gasteiger partial charge in [-0.3, -0.25) is 4.72 Å². The minimum absolute atomic E-state index is 0.128. The number of aryl methyl sites for hydroxylation is 1. The Hall–Kier alpha value is -0.750. The van der Waals surface area contributed by atoms with Gasteiger partial charge in [-0.25, -0.2) is 8.42 Å². The van der Waals surface area contributed by atoms with Crippen LogP contribution in [0.1, 0.15) is 5.56 Å². The molecule has 0 heterocycles. The van der Waals surface area contributed by atoms with E-state index in [1.54, 1.807) is 25.1 Å². The lowest BCUT2D eigenvalue weighted by Crippen LogP contribution is -2.13. The Morgan fingerprint density at radius 2 is 1.80 bits per heavy atom. The van der Waals surface area contributed by atoms with E-state index < -0.39 is 10.0 Å². The monoisotopic (exact) mass is 393 g/mol. The first kappa shape index (κ1) is 15.6. The summed E-state index contributed by atoms with van der Waals surface area (Å²) in [4.78, 5) is 0.128. The molecule has 0 aromatic heterocycles. The van der Waals surface area contributed by atoms with E-state index in [2.05, 4.69) is 20.7 Å². The SMILES string of the molecule is Cc1cc(Cl)ccc1NS(=O)(=O)c1ccc(Cl)c(Br)c1. The average Bonchev–Trinajstić information content (AvgIpc) is 2.36. The van der Waals surface area contributed by atoms with Gasteiger partial charge < -0.3 is 0 Å². The molecule has 0 aliphatic heterocycles. The summed E-state index contributed by atoms with van der Waals surface area (Å²) in [6, 6.07) is 9.37. The summed E-state index contributed by atoms with van der Waals surface area (Å²) < 4.78 is 27.6. The van der Waals surface area contributed by atoms with Gasteiger partial charge in [0.25, 0.3) is 10.0 Å². The predicted molar refractivity (Wildman–Crippen MR) is 86.1 cm³/mol. The van der Waals surface area contributed by atoms with Crippen LogP contribution in [0.2, 0.25) is 10.0 Å². The molecule has 2 aromatic carbocycles. The lowest BCUT2D eigenvalue weighted by Gasteiger charge is -2.11. The van der Waals surface area contributed by atoms with Crippen LogP contribution in [-0.4, -0.2) is 8.42 Å². The number of nitrogens with one attached hydrogen (secondary N) is 1. The third-order valence-electron chi connectivity index (χ3n) is 2.63. The third-order valence-corrected chi connectivity index (χ3v) is 5.45. The molecular formula is C13H10BrCl2NO2S. The molecule has 1 N–H and O–H groups in total. The molecule has 0 aliphatic carbocycles. The second kappa shape index (κ2) is 5.93. The summed E-state index contributed by atoms with van der Waals surface area (Å²) >= 11 is 14.9. The fourth-order valence-corrected chi connectivity index (χ4v) is 3.62. The Balaban J connectivity index is 2.38. The summed E-state index contributed by atoms with van der Waals surface area (Å²) in [6.45, 7) is 1.78. The van der Waals surface area contributed by atoms with Gasteiger partial charge in [-0.2, -0.15) is 0 Å². The first-order chi connectivity index (χ1) is 9.29. The van der Waals surface area contributed by atoms with E-state index in [9.17, 15) is 8.42 Å². The van der Waals surface area contributed by atoms with Gasteiger partial charge in [0, 0.05) is 9.50 Å². The van der Waals surface area contributed by atoms with Crippen LogP contribution in [-0.2, 0) is 10.0 Å². The summed E-state index contributed by atoms with van der Waals surface area (Å²) in [5, 5.41) is 1.01. The van der Waals surface area contributed by atoms with E-state index in [1.165, 1.54) is 18.2 Å². The van der Waals surface area contributed by atoms with Crippen molar-refractivity contribution < 1.29 is 8.42 Å². The highest BCUT2D eigenvalue weighted by Gasteiger charge is 2.16. The van der Waals surface area contributed by atoms with Crippen molar-refractivity contribution in [2.75, 3.05) is 4.72 Å². The van der Waals surface area contributed by atoms with E-state index >= 15 is 0 Å². The van der Waals surface area contributed by atoms with Gasteiger partial charge in [0.2, 0.25) is 0 Å². The smallest absolute Gasteiger partial charge is 0.261 e. The average molecular weight is 395 g/mol. The molecule has 0 aliphatic rings. The molecule has 2 aromatic rings. The minimum Gasteiger partial charge on any atom is -0.279 e. The van der Waals surface area contributed by atoms with Crippen molar-refractivity contribution in [1.29, 1.82) is 0 Å².